The summed E-state index contributed by atoms with van der Waals surface area (Å²) in [5.74, 6) is 1.55. The summed E-state index contributed by atoms with van der Waals surface area (Å²) in [6.07, 6.45) is 0. The van der Waals surface area contributed by atoms with Crippen molar-refractivity contribution < 1.29 is 26.0 Å². The number of benzene rings is 2. The second-order valence-corrected chi connectivity index (χ2v) is 7.93. The number of ether oxygens (including phenoxy) is 2. The molecule has 0 bridgehead atoms. The topological polar surface area (TPSA) is 70.5 Å². The molecule has 0 amide bonds. The van der Waals surface area contributed by atoms with Gasteiger partial charge in [0.1, 0.15) is 11.5 Å². The molecule has 23 heavy (non-hydrogen) atoms. The summed E-state index contributed by atoms with van der Waals surface area (Å²) in [5, 5.41) is 0. The van der Waals surface area contributed by atoms with E-state index in [0.29, 0.717) is 0 Å². The van der Waals surface area contributed by atoms with Crippen molar-refractivity contribution in [3.8, 4) is 11.5 Å². The van der Waals surface area contributed by atoms with Crippen molar-refractivity contribution >= 4 is 18.8 Å². The molecule has 0 aromatic heterocycles. The van der Waals surface area contributed by atoms with Crippen LogP contribution in [-0.4, -0.2) is 14.2 Å². The van der Waals surface area contributed by atoms with Crippen LogP contribution in [0.3, 0.4) is 0 Å². The Kier molecular flexibility index (Phi) is 9.61. The van der Waals surface area contributed by atoms with Gasteiger partial charge < -0.3 is 20.9 Å². The van der Waals surface area contributed by atoms with E-state index >= 15 is 0 Å². The summed E-state index contributed by atoms with van der Waals surface area (Å²) < 4.78 is 10.4. The Morgan fingerprint density at radius 2 is 1.17 bits per heavy atom. The standard InChI is InChI=1S/C16H20N2O2.2ClH.Pt/c1-19-13-7-3-5-11(9-13)15(17)16(18)12-6-4-8-14(10-12)20-2;;;/h3-10,15-16H,17-18H2,1-2H3;2*1H;/q;;;+2/p-2. The average molecular weight is 538 g/mol. The van der Waals surface area contributed by atoms with Crippen LogP contribution in [0.2, 0.25) is 0 Å². The van der Waals surface area contributed by atoms with Crippen molar-refractivity contribution in [1.29, 1.82) is 0 Å². The summed E-state index contributed by atoms with van der Waals surface area (Å²) >= 11 is -0.472. The quantitative estimate of drug-likeness (QED) is 0.609. The van der Waals surface area contributed by atoms with Gasteiger partial charge in [-0.15, -0.1) is 0 Å². The van der Waals surface area contributed by atoms with E-state index in [1.54, 1.807) is 14.2 Å². The van der Waals surface area contributed by atoms with E-state index < -0.39 is 16.5 Å². The molecule has 2 rings (SSSR count). The molecule has 2 aromatic rings. The van der Waals surface area contributed by atoms with Gasteiger partial charge >= 0.3 is 35.3 Å². The third kappa shape index (κ3) is 6.32. The molecule has 4 N–H and O–H groups in total. The van der Waals surface area contributed by atoms with Gasteiger partial charge in [0, 0.05) is 12.1 Å². The normalized spacial score (nSPS) is 12.8. The first kappa shape index (κ1) is 20.3. The summed E-state index contributed by atoms with van der Waals surface area (Å²) in [5.41, 5.74) is 14.4. The second kappa shape index (κ2) is 10.9. The molecule has 0 radical (unpaired) electrons. The minimum atomic E-state index is -0.472. The molecule has 0 saturated heterocycles. The Morgan fingerprint density at radius 3 is 1.48 bits per heavy atom. The van der Waals surface area contributed by atoms with Crippen molar-refractivity contribution in [3.63, 3.8) is 0 Å². The predicted octanol–water partition coefficient (Wildman–Crippen LogP) is 3.78. The molecule has 130 valence electrons. The number of rotatable bonds is 5. The third-order valence-electron chi connectivity index (χ3n) is 3.34. The van der Waals surface area contributed by atoms with Crippen molar-refractivity contribution in [2.45, 2.75) is 12.1 Å². The van der Waals surface area contributed by atoms with Gasteiger partial charge in [0.2, 0.25) is 0 Å². The van der Waals surface area contributed by atoms with Gasteiger partial charge in [-0.3, -0.25) is 0 Å². The Morgan fingerprint density at radius 1 is 0.826 bits per heavy atom. The zero-order valence-electron chi connectivity index (χ0n) is 12.8. The maximum absolute atomic E-state index is 6.26. The number of methoxy groups -OCH3 is 2. The maximum atomic E-state index is 6.26. The van der Waals surface area contributed by atoms with Gasteiger partial charge in [0.25, 0.3) is 0 Å². The average Bonchev–Trinajstić information content (AvgIpc) is 2.61. The van der Waals surface area contributed by atoms with Gasteiger partial charge in [0.05, 0.1) is 14.2 Å². The molecule has 0 saturated carbocycles. The first-order chi connectivity index (χ1) is 11.1. The number of halogens is 2. The molecule has 7 heteroatoms. The monoisotopic (exact) mass is 537 g/mol. The van der Waals surface area contributed by atoms with Crippen molar-refractivity contribution in [3.05, 3.63) is 59.7 Å². The van der Waals surface area contributed by atoms with Crippen molar-refractivity contribution in [2.24, 2.45) is 11.5 Å². The Bertz CT molecular complexity index is 550. The van der Waals surface area contributed by atoms with Crippen LogP contribution in [-0.2, 0) is 16.5 Å². The molecule has 0 spiro atoms. The summed E-state index contributed by atoms with van der Waals surface area (Å²) in [4.78, 5) is 0. The Balaban J connectivity index is 0.000000816. The molecule has 0 aliphatic heterocycles. The van der Waals surface area contributed by atoms with Gasteiger partial charge in [0.15, 0.2) is 0 Å². The Labute approximate surface area is 153 Å². The zero-order valence-corrected chi connectivity index (χ0v) is 16.6. The van der Waals surface area contributed by atoms with Crippen molar-refractivity contribution in [1.82, 2.24) is 0 Å². The van der Waals surface area contributed by atoms with E-state index in [4.69, 9.17) is 39.8 Å². The molecule has 2 atom stereocenters. The molecule has 4 nitrogen and oxygen atoms in total. The van der Waals surface area contributed by atoms with E-state index in [1.165, 1.54) is 0 Å². The molecule has 0 aliphatic carbocycles. The number of nitrogens with two attached hydrogens (primary N) is 2. The third-order valence-corrected chi connectivity index (χ3v) is 3.34. The first-order valence-electron chi connectivity index (χ1n) is 6.68. The van der Waals surface area contributed by atoms with Gasteiger partial charge in [-0.05, 0) is 35.4 Å². The van der Waals surface area contributed by atoms with E-state index in [1.807, 2.05) is 48.5 Å². The Hall–Kier alpha value is -0.772. The molecular weight excluding hydrogens is 518 g/mol. The van der Waals surface area contributed by atoms with Crippen LogP contribution in [0, 0.1) is 0 Å². The second-order valence-electron chi connectivity index (χ2n) is 4.65. The molecule has 0 aliphatic rings. The first-order valence-corrected chi connectivity index (χ1v) is 12.3. The van der Waals surface area contributed by atoms with Crippen LogP contribution in [0.4, 0.5) is 0 Å². The minimum absolute atomic E-state index is 0.308. The van der Waals surface area contributed by atoms with Crippen LogP contribution >= 0.6 is 18.8 Å². The summed E-state index contributed by atoms with van der Waals surface area (Å²) in [7, 11) is 13.0. The molecular formula is C16H20Cl2N2O2Pt. The summed E-state index contributed by atoms with van der Waals surface area (Å²) in [6, 6.07) is 14.7. The van der Waals surface area contributed by atoms with E-state index in [9.17, 15) is 0 Å². The van der Waals surface area contributed by atoms with Gasteiger partial charge in [-0.1, -0.05) is 24.3 Å². The van der Waals surface area contributed by atoms with E-state index in [0.717, 1.165) is 22.6 Å². The molecule has 2 aromatic carbocycles. The van der Waals surface area contributed by atoms with Gasteiger partial charge in [-0.25, -0.2) is 0 Å². The van der Waals surface area contributed by atoms with Crippen LogP contribution in [0.5, 0.6) is 11.5 Å². The SMILES string of the molecule is COc1cccc(C(N)C(N)c2cccc(OC)c2)c1.[Cl][Pt][Cl]. The van der Waals surface area contributed by atoms with Crippen LogP contribution in [0.15, 0.2) is 48.5 Å². The molecule has 0 fully saturated rings. The van der Waals surface area contributed by atoms with Crippen LogP contribution < -0.4 is 20.9 Å². The fourth-order valence-corrected chi connectivity index (χ4v) is 2.11. The van der Waals surface area contributed by atoms with Gasteiger partial charge in [-0.2, -0.15) is 0 Å². The fourth-order valence-electron chi connectivity index (χ4n) is 2.11. The van der Waals surface area contributed by atoms with Crippen molar-refractivity contribution in [2.75, 3.05) is 14.2 Å². The summed E-state index contributed by atoms with van der Waals surface area (Å²) in [6.45, 7) is 0. The predicted molar refractivity (Wildman–Crippen MR) is 91.6 cm³/mol. The van der Waals surface area contributed by atoms with E-state index in [2.05, 4.69) is 0 Å². The molecule has 0 heterocycles. The fraction of sp³-hybridized carbons (Fsp3) is 0.250. The number of hydrogen-bond acceptors (Lipinski definition) is 4. The van der Waals surface area contributed by atoms with Crippen LogP contribution in [0.25, 0.3) is 0 Å². The molecule has 2 unspecified atom stereocenters. The van der Waals surface area contributed by atoms with E-state index in [-0.39, 0.29) is 12.1 Å². The zero-order chi connectivity index (χ0) is 17.2. The van der Waals surface area contributed by atoms with Crippen LogP contribution in [0.1, 0.15) is 23.2 Å². The number of hydrogen-bond donors (Lipinski definition) is 2.